The number of carboxylic acids is 1. The van der Waals surface area contributed by atoms with Crippen molar-refractivity contribution in [2.75, 3.05) is 16.0 Å². The summed E-state index contributed by atoms with van der Waals surface area (Å²) in [5.74, 6) is -2.04. The molecule has 1 aliphatic carbocycles. The van der Waals surface area contributed by atoms with Gasteiger partial charge in [-0.25, -0.2) is 4.79 Å². The third-order valence-electron chi connectivity index (χ3n) is 7.05. The van der Waals surface area contributed by atoms with Gasteiger partial charge in [0.1, 0.15) is 5.82 Å². The third-order valence-corrected chi connectivity index (χ3v) is 9.09. The number of nitrogens with zero attached hydrogens (tertiary/aromatic N) is 4. The van der Waals surface area contributed by atoms with E-state index in [-0.39, 0.29) is 39.6 Å². The molecule has 2 heterocycles. The monoisotopic (exact) mass is 612 g/mol. The molecule has 1 amide bonds. The molecular weight excluding hydrogens is 585 g/mol. The Labute approximate surface area is 256 Å². The van der Waals surface area contributed by atoms with E-state index < -0.39 is 17.8 Å². The number of nitrogens with two attached hydrogens (primary N) is 1. The minimum atomic E-state index is -1.14. The molecule has 0 fully saturated rings. The number of benzene rings is 2. The second-order valence-electron chi connectivity index (χ2n) is 10.8. The van der Waals surface area contributed by atoms with E-state index in [9.17, 15) is 24.8 Å². The van der Waals surface area contributed by atoms with Gasteiger partial charge in [0.15, 0.2) is 10.1 Å². The maximum absolute atomic E-state index is 13.6. The van der Waals surface area contributed by atoms with Crippen LogP contribution in [0.3, 0.4) is 0 Å². The summed E-state index contributed by atoms with van der Waals surface area (Å²) in [6.45, 7) is 4.04. The zero-order valence-electron chi connectivity index (χ0n) is 23.4. The number of carbonyl (C=O) groups excluding carboxylic acids is 2. The van der Waals surface area contributed by atoms with Crippen LogP contribution in [0.5, 0.6) is 0 Å². The number of Topliss-reactive ketones (excluding diaryl/α,β-unsaturated/α-hetero) is 1. The number of ketones is 1. The van der Waals surface area contributed by atoms with Crippen molar-refractivity contribution < 1.29 is 19.5 Å². The topological polar surface area (TPSA) is 162 Å². The molecule has 0 saturated heterocycles. The molecule has 1 unspecified atom stereocenters. The summed E-state index contributed by atoms with van der Waals surface area (Å²) < 4.78 is 0.470. The van der Waals surface area contributed by atoms with Crippen LogP contribution in [0.25, 0.3) is 6.08 Å². The number of aromatic nitrogens is 2. The van der Waals surface area contributed by atoms with E-state index in [1.807, 2.05) is 56.3 Å². The summed E-state index contributed by atoms with van der Waals surface area (Å²) in [4.78, 5) is 39.3. The number of amides is 1. The standard InChI is InChI=1S/C31H28N6O4S2/c1-31(2)14-23-26(24(38)15-31)19(13-12-18-8-4-3-5-9-18)21(16-32)27(33)37(23)29-35-36-30(43-29)42-17-25(39)34-22-11-7-6-10-20(22)28(40)41/h3-13,19H,14-15,17,33H2,1-2H3,(H,34,39)(H,40,41)/b13-12+. The van der Waals surface area contributed by atoms with Crippen LogP contribution >= 0.6 is 23.1 Å². The third kappa shape index (κ3) is 6.38. The summed E-state index contributed by atoms with van der Waals surface area (Å²) in [5.41, 5.74) is 8.91. The minimum absolute atomic E-state index is 0.00865. The van der Waals surface area contributed by atoms with Gasteiger partial charge in [-0.3, -0.25) is 14.5 Å². The molecule has 0 spiro atoms. The Balaban J connectivity index is 1.42. The van der Waals surface area contributed by atoms with Crippen LogP contribution in [0.4, 0.5) is 10.8 Å². The lowest BCUT2D eigenvalue weighted by molar-refractivity contribution is -0.118. The molecule has 2 aromatic carbocycles. The molecule has 218 valence electrons. The largest absolute Gasteiger partial charge is 0.478 e. The van der Waals surface area contributed by atoms with Crippen LogP contribution in [0.15, 0.2) is 87.7 Å². The summed E-state index contributed by atoms with van der Waals surface area (Å²) in [5, 5.41) is 31.1. The van der Waals surface area contributed by atoms with Crippen LogP contribution < -0.4 is 16.0 Å². The molecule has 3 aromatic rings. The van der Waals surface area contributed by atoms with Crippen molar-refractivity contribution in [3.05, 3.63) is 94.5 Å². The van der Waals surface area contributed by atoms with Gasteiger partial charge in [-0.05, 0) is 29.5 Å². The van der Waals surface area contributed by atoms with Crippen molar-refractivity contribution in [2.45, 2.75) is 31.0 Å². The maximum Gasteiger partial charge on any atom is 0.337 e. The van der Waals surface area contributed by atoms with Gasteiger partial charge in [-0.15, -0.1) is 10.2 Å². The summed E-state index contributed by atoms with van der Waals surface area (Å²) in [6.07, 6.45) is 4.62. The quantitative estimate of drug-likeness (QED) is 0.279. The highest BCUT2D eigenvalue weighted by molar-refractivity contribution is 8.01. The lowest BCUT2D eigenvalue weighted by Gasteiger charge is -2.41. The molecule has 0 bridgehead atoms. The number of nitrogens with one attached hydrogen (secondary N) is 1. The summed E-state index contributed by atoms with van der Waals surface area (Å²) in [6, 6.07) is 18.0. The summed E-state index contributed by atoms with van der Waals surface area (Å²) >= 11 is 2.32. The first-order valence-electron chi connectivity index (χ1n) is 13.4. The molecule has 2 aliphatic rings. The van der Waals surface area contributed by atoms with E-state index in [0.717, 1.165) is 17.3 Å². The van der Waals surface area contributed by atoms with Crippen LogP contribution in [0, 0.1) is 22.7 Å². The summed E-state index contributed by atoms with van der Waals surface area (Å²) in [7, 11) is 0. The fraction of sp³-hybridized carbons (Fsp3) is 0.226. The van der Waals surface area contributed by atoms with Gasteiger partial charge in [-0.2, -0.15) is 5.26 Å². The van der Waals surface area contributed by atoms with Crippen LogP contribution in [0.2, 0.25) is 0 Å². The molecule has 1 atom stereocenters. The average Bonchev–Trinajstić information content (AvgIpc) is 3.43. The Morgan fingerprint density at radius 2 is 1.91 bits per heavy atom. The molecular formula is C31H28N6O4S2. The zero-order valence-corrected chi connectivity index (χ0v) is 25.0. The Hall–Kier alpha value is -4.73. The Morgan fingerprint density at radius 1 is 1.19 bits per heavy atom. The highest BCUT2D eigenvalue weighted by Crippen LogP contribution is 2.48. The Kier molecular flexibility index (Phi) is 8.47. The number of nitriles is 1. The molecule has 0 saturated carbocycles. The second-order valence-corrected chi connectivity index (χ2v) is 13.0. The molecule has 12 heteroatoms. The Morgan fingerprint density at radius 3 is 2.63 bits per heavy atom. The van der Waals surface area contributed by atoms with E-state index in [4.69, 9.17) is 5.73 Å². The first kappa shape index (κ1) is 29.8. The predicted molar refractivity (Wildman–Crippen MR) is 166 cm³/mol. The number of para-hydroxylation sites is 1. The fourth-order valence-electron chi connectivity index (χ4n) is 5.18. The van der Waals surface area contributed by atoms with E-state index in [2.05, 4.69) is 21.6 Å². The van der Waals surface area contributed by atoms with Gasteiger partial charge in [0.2, 0.25) is 11.0 Å². The molecule has 1 aromatic heterocycles. The van der Waals surface area contributed by atoms with Gasteiger partial charge in [-0.1, -0.05) is 91.6 Å². The van der Waals surface area contributed by atoms with E-state index >= 15 is 0 Å². The Bertz CT molecular complexity index is 1740. The van der Waals surface area contributed by atoms with Gasteiger partial charge in [0, 0.05) is 23.6 Å². The number of allylic oxidation sites excluding steroid dienone is 4. The normalized spacial score (nSPS) is 18.0. The number of rotatable bonds is 8. The van der Waals surface area contributed by atoms with Crippen molar-refractivity contribution in [2.24, 2.45) is 17.1 Å². The SMILES string of the molecule is CC1(C)CC(=O)C2=C(C1)N(c1nnc(SCC(=O)Nc3ccccc3C(=O)O)s1)C(N)=C(C#N)C2/C=C/c1ccccc1. The molecule has 43 heavy (non-hydrogen) atoms. The molecule has 4 N–H and O–H groups in total. The highest BCUT2D eigenvalue weighted by Gasteiger charge is 2.44. The van der Waals surface area contributed by atoms with E-state index in [1.54, 1.807) is 17.0 Å². The van der Waals surface area contributed by atoms with E-state index in [0.29, 0.717) is 33.6 Å². The number of anilines is 2. The number of carboxylic acid groups (broad SMARTS) is 1. The van der Waals surface area contributed by atoms with Crippen LogP contribution in [-0.4, -0.2) is 38.7 Å². The van der Waals surface area contributed by atoms with Crippen molar-refractivity contribution in [1.29, 1.82) is 5.26 Å². The van der Waals surface area contributed by atoms with Gasteiger partial charge in [0.25, 0.3) is 0 Å². The number of hydrogen-bond donors (Lipinski definition) is 3. The van der Waals surface area contributed by atoms with Gasteiger partial charge in [0.05, 0.1) is 28.6 Å². The van der Waals surface area contributed by atoms with E-state index in [1.165, 1.54) is 23.5 Å². The lowest BCUT2D eigenvalue weighted by atomic mass is 9.70. The number of aromatic carboxylic acids is 1. The smallest absolute Gasteiger partial charge is 0.337 e. The number of hydrogen-bond acceptors (Lipinski definition) is 10. The lowest BCUT2D eigenvalue weighted by Crippen LogP contribution is -2.42. The molecule has 1 aliphatic heterocycles. The van der Waals surface area contributed by atoms with Gasteiger partial charge >= 0.3 is 5.97 Å². The predicted octanol–water partition coefficient (Wildman–Crippen LogP) is 5.45. The van der Waals surface area contributed by atoms with Crippen molar-refractivity contribution in [3.63, 3.8) is 0 Å². The van der Waals surface area contributed by atoms with Crippen molar-refractivity contribution in [3.8, 4) is 6.07 Å². The van der Waals surface area contributed by atoms with Gasteiger partial charge < -0.3 is 16.2 Å². The number of thioether (sulfide) groups is 1. The fourth-order valence-corrected chi connectivity index (χ4v) is 6.86. The molecule has 10 nitrogen and oxygen atoms in total. The number of carbonyl (C=O) groups is 3. The first-order chi connectivity index (χ1) is 20.6. The average molecular weight is 613 g/mol. The van der Waals surface area contributed by atoms with Crippen molar-refractivity contribution >= 4 is 57.7 Å². The zero-order chi connectivity index (χ0) is 30.7. The van der Waals surface area contributed by atoms with Crippen molar-refractivity contribution in [1.82, 2.24) is 10.2 Å². The first-order valence-corrected chi connectivity index (χ1v) is 15.2. The molecule has 5 rings (SSSR count). The van der Waals surface area contributed by atoms with Crippen LogP contribution in [-0.2, 0) is 9.59 Å². The highest BCUT2D eigenvalue weighted by atomic mass is 32.2. The minimum Gasteiger partial charge on any atom is -0.478 e. The second kappa shape index (κ2) is 12.2. The maximum atomic E-state index is 13.6. The molecule has 0 radical (unpaired) electrons. The van der Waals surface area contributed by atoms with Crippen LogP contribution in [0.1, 0.15) is 42.6 Å².